The molecule has 1 amide bonds. The third-order valence-electron chi connectivity index (χ3n) is 4.00. The predicted molar refractivity (Wildman–Crippen MR) is 106 cm³/mol. The molecule has 0 saturated heterocycles. The highest BCUT2D eigenvalue weighted by Crippen LogP contribution is 2.21. The van der Waals surface area contributed by atoms with Gasteiger partial charge in [0, 0.05) is 23.6 Å². The van der Waals surface area contributed by atoms with E-state index in [-0.39, 0.29) is 11.7 Å². The number of amides is 1. The summed E-state index contributed by atoms with van der Waals surface area (Å²) in [5.74, 6) is 0.915. The van der Waals surface area contributed by atoms with E-state index in [1.807, 2.05) is 53.2 Å². The van der Waals surface area contributed by atoms with E-state index in [2.05, 4.69) is 20.5 Å². The average molecular weight is 391 g/mol. The fourth-order valence-corrected chi connectivity index (χ4v) is 3.20. The van der Waals surface area contributed by atoms with Crippen LogP contribution >= 0.6 is 11.8 Å². The lowest BCUT2D eigenvalue weighted by Gasteiger charge is -2.05. The minimum atomic E-state index is -0.0811. The number of hydrogen-bond acceptors (Lipinski definition) is 6. The van der Waals surface area contributed by atoms with Crippen molar-refractivity contribution in [1.82, 2.24) is 25.1 Å². The first kappa shape index (κ1) is 18.0. The maximum absolute atomic E-state index is 11.9. The number of furan rings is 1. The number of nitrogens with zero attached hydrogens (tertiary/aromatic N) is 4. The summed E-state index contributed by atoms with van der Waals surface area (Å²) >= 11 is 1.34. The molecule has 140 valence electrons. The lowest BCUT2D eigenvalue weighted by atomic mass is 10.1. The minimum absolute atomic E-state index is 0.0811. The van der Waals surface area contributed by atoms with Gasteiger partial charge in [-0.3, -0.25) is 4.79 Å². The van der Waals surface area contributed by atoms with Crippen molar-refractivity contribution < 1.29 is 9.21 Å². The Morgan fingerprint density at radius 3 is 2.68 bits per heavy atom. The van der Waals surface area contributed by atoms with Gasteiger partial charge in [0.2, 0.25) is 5.91 Å². The van der Waals surface area contributed by atoms with Crippen molar-refractivity contribution in [3.05, 3.63) is 79.3 Å². The Morgan fingerprint density at radius 1 is 1.11 bits per heavy atom. The van der Waals surface area contributed by atoms with Gasteiger partial charge in [-0.05, 0) is 36.4 Å². The van der Waals surface area contributed by atoms with Crippen molar-refractivity contribution in [2.45, 2.75) is 11.6 Å². The Bertz CT molecular complexity index is 1010. The fraction of sp³-hybridized carbons (Fsp3) is 0.100. The van der Waals surface area contributed by atoms with Crippen molar-refractivity contribution in [3.63, 3.8) is 0 Å². The minimum Gasteiger partial charge on any atom is -0.467 e. The van der Waals surface area contributed by atoms with Crippen molar-refractivity contribution in [1.29, 1.82) is 0 Å². The van der Waals surface area contributed by atoms with Crippen LogP contribution < -0.4 is 5.32 Å². The Hall–Kier alpha value is -3.39. The van der Waals surface area contributed by atoms with E-state index >= 15 is 0 Å². The number of aromatic nitrogens is 4. The summed E-state index contributed by atoms with van der Waals surface area (Å²) in [6.45, 7) is 0.381. The summed E-state index contributed by atoms with van der Waals surface area (Å²) in [5.41, 5.74) is 2.79. The van der Waals surface area contributed by atoms with Crippen LogP contribution in [0.1, 0.15) is 5.76 Å². The molecule has 1 N–H and O–H groups in total. The number of benzene rings is 1. The summed E-state index contributed by atoms with van der Waals surface area (Å²) in [5, 5.41) is 12.0. The van der Waals surface area contributed by atoms with Gasteiger partial charge in [-0.15, -0.1) is 10.2 Å². The van der Waals surface area contributed by atoms with Gasteiger partial charge in [0.15, 0.2) is 0 Å². The third-order valence-corrected chi connectivity index (χ3v) is 4.92. The van der Waals surface area contributed by atoms with Gasteiger partial charge in [-0.2, -0.15) is 0 Å². The lowest BCUT2D eigenvalue weighted by molar-refractivity contribution is -0.118. The van der Waals surface area contributed by atoms with Gasteiger partial charge in [0.1, 0.15) is 10.8 Å². The van der Waals surface area contributed by atoms with Crippen molar-refractivity contribution in [2.24, 2.45) is 0 Å². The second-order valence-electron chi connectivity index (χ2n) is 5.92. The molecule has 0 atom stereocenters. The van der Waals surface area contributed by atoms with Crippen LogP contribution in [0.15, 0.2) is 83.0 Å². The standard InChI is InChI=1S/C20H17N5O2S/c26-19(22-12-17-2-1-11-27-17)13-28-20-8-7-18(23-24-20)15-3-5-16(6-4-15)25-10-9-21-14-25/h1-11,14H,12-13H2,(H,22,26). The van der Waals surface area contributed by atoms with E-state index in [1.54, 1.807) is 24.9 Å². The topological polar surface area (TPSA) is 85.8 Å². The van der Waals surface area contributed by atoms with Gasteiger partial charge in [-0.1, -0.05) is 23.9 Å². The number of rotatable bonds is 7. The number of hydrogen-bond donors (Lipinski definition) is 1. The molecule has 28 heavy (non-hydrogen) atoms. The van der Waals surface area contributed by atoms with E-state index in [1.165, 1.54) is 11.8 Å². The van der Waals surface area contributed by atoms with Gasteiger partial charge in [0.05, 0.1) is 30.6 Å². The maximum Gasteiger partial charge on any atom is 0.230 e. The summed E-state index contributed by atoms with van der Waals surface area (Å²) in [4.78, 5) is 15.9. The molecular formula is C20H17N5O2S. The highest BCUT2D eigenvalue weighted by molar-refractivity contribution is 7.99. The molecule has 1 aromatic carbocycles. The first-order valence-electron chi connectivity index (χ1n) is 8.62. The maximum atomic E-state index is 11.9. The number of thioether (sulfide) groups is 1. The molecule has 0 spiro atoms. The van der Waals surface area contributed by atoms with Crippen LogP contribution in [0.5, 0.6) is 0 Å². The number of carbonyl (C=O) groups excluding carboxylic acids is 1. The summed E-state index contributed by atoms with van der Waals surface area (Å²) in [6, 6.07) is 15.4. The van der Waals surface area contributed by atoms with E-state index in [0.29, 0.717) is 11.6 Å². The molecule has 0 bridgehead atoms. The largest absolute Gasteiger partial charge is 0.467 e. The van der Waals surface area contributed by atoms with E-state index < -0.39 is 0 Å². The number of carbonyl (C=O) groups is 1. The molecule has 0 aliphatic heterocycles. The lowest BCUT2D eigenvalue weighted by Crippen LogP contribution is -2.24. The van der Waals surface area contributed by atoms with Crippen LogP contribution in [0.4, 0.5) is 0 Å². The first-order chi connectivity index (χ1) is 13.8. The molecule has 8 heteroatoms. The van der Waals surface area contributed by atoms with E-state index in [4.69, 9.17) is 4.42 Å². The zero-order valence-electron chi connectivity index (χ0n) is 14.9. The molecular weight excluding hydrogens is 374 g/mol. The zero-order chi connectivity index (χ0) is 19.2. The highest BCUT2D eigenvalue weighted by Gasteiger charge is 2.07. The molecule has 0 unspecified atom stereocenters. The van der Waals surface area contributed by atoms with Crippen LogP contribution in [0, 0.1) is 0 Å². The van der Waals surface area contributed by atoms with E-state index in [9.17, 15) is 4.79 Å². The van der Waals surface area contributed by atoms with Gasteiger partial charge >= 0.3 is 0 Å². The van der Waals surface area contributed by atoms with Crippen LogP contribution in [0.25, 0.3) is 16.9 Å². The predicted octanol–water partition coefficient (Wildman–Crippen LogP) is 3.33. The number of nitrogens with one attached hydrogen (secondary N) is 1. The van der Waals surface area contributed by atoms with Crippen LogP contribution in [0.3, 0.4) is 0 Å². The van der Waals surface area contributed by atoms with E-state index in [0.717, 1.165) is 22.7 Å². The Morgan fingerprint density at radius 2 is 2.00 bits per heavy atom. The molecule has 4 aromatic rings. The second kappa shape index (κ2) is 8.53. The molecule has 3 aromatic heterocycles. The summed E-state index contributed by atoms with van der Waals surface area (Å²) in [6.07, 6.45) is 6.98. The smallest absolute Gasteiger partial charge is 0.230 e. The average Bonchev–Trinajstić information content (AvgIpc) is 3.45. The van der Waals surface area contributed by atoms with Crippen molar-refractivity contribution >= 4 is 17.7 Å². The van der Waals surface area contributed by atoms with Crippen molar-refractivity contribution in [2.75, 3.05) is 5.75 Å². The third kappa shape index (κ3) is 4.47. The molecule has 0 aliphatic rings. The summed E-state index contributed by atoms with van der Waals surface area (Å²) < 4.78 is 7.12. The molecule has 0 aliphatic carbocycles. The normalized spacial score (nSPS) is 10.7. The SMILES string of the molecule is O=C(CSc1ccc(-c2ccc(-n3ccnc3)cc2)nn1)NCc1ccco1. The van der Waals surface area contributed by atoms with Crippen LogP contribution in [-0.4, -0.2) is 31.4 Å². The summed E-state index contributed by atoms with van der Waals surface area (Å²) in [7, 11) is 0. The Balaban J connectivity index is 1.31. The van der Waals surface area contributed by atoms with Gasteiger partial charge in [-0.25, -0.2) is 4.98 Å². The number of imidazole rings is 1. The van der Waals surface area contributed by atoms with Gasteiger partial charge in [0.25, 0.3) is 0 Å². The Labute approximate surface area is 165 Å². The van der Waals surface area contributed by atoms with Gasteiger partial charge < -0.3 is 14.3 Å². The second-order valence-corrected chi connectivity index (χ2v) is 6.91. The molecule has 4 rings (SSSR count). The monoisotopic (exact) mass is 391 g/mol. The molecule has 0 radical (unpaired) electrons. The first-order valence-corrected chi connectivity index (χ1v) is 9.61. The molecule has 0 fully saturated rings. The highest BCUT2D eigenvalue weighted by atomic mass is 32.2. The molecule has 7 nitrogen and oxygen atoms in total. The Kier molecular flexibility index (Phi) is 5.48. The molecule has 0 saturated carbocycles. The quantitative estimate of drug-likeness (QED) is 0.486. The fourth-order valence-electron chi connectivity index (χ4n) is 2.56. The zero-order valence-corrected chi connectivity index (χ0v) is 15.7. The van der Waals surface area contributed by atoms with Crippen LogP contribution in [0.2, 0.25) is 0 Å². The molecule has 3 heterocycles. The van der Waals surface area contributed by atoms with Crippen molar-refractivity contribution in [3.8, 4) is 16.9 Å². The van der Waals surface area contributed by atoms with Crippen LogP contribution in [-0.2, 0) is 11.3 Å².